The molecule has 0 unspecified atom stereocenters. The predicted octanol–water partition coefficient (Wildman–Crippen LogP) is 3.16. The number of hydrogen-bond acceptors (Lipinski definition) is 2. The summed E-state index contributed by atoms with van der Waals surface area (Å²) < 4.78 is 0. The molecular formula is C11H11Cl2NO. The fourth-order valence-electron chi connectivity index (χ4n) is 1.78. The van der Waals surface area contributed by atoms with Gasteiger partial charge in [-0.05, 0) is 24.6 Å². The molecule has 0 spiro atoms. The molecule has 0 N–H and O–H groups in total. The van der Waals surface area contributed by atoms with Crippen LogP contribution in [-0.2, 0) is 4.79 Å². The molecule has 0 atom stereocenters. The number of nitrogens with zero attached hydrogens (tertiary/aromatic N) is 1. The second-order valence-corrected chi connectivity index (χ2v) is 4.50. The Bertz CT molecular complexity index is 392. The van der Waals surface area contributed by atoms with Gasteiger partial charge in [-0.2, -0.15) is 0 Å². The fourth-order valence-corrected chi connectivity index (χ4v) is 2.31. The molecule has 15 heavy (non-hydrogen) atoms. The Morgan fingerprint density at radius 3 is 2.73 bits per heavy atom. The van der Waals surface area contributed by atoms with Crippen molar-refractivity contribution in [1.29, 1.82) is 0 Å². The number of rotatable bonds is 1. The van der Waals surface area contributed by atoms with Crippen LogP contribution in [0.2, 0.25) is 10.0 Å². The third-order valence-corrected chi connectivity index (χ3v) is 3.04. The minimum atomic E-state index is 0.271. The zero-order chi connectivity index (χ0) is 10.8. The lowest BCUT2D eigenvalue weighted by atomic mass is 10.1. The van der Waals surface area contributed by atoms with E-state index in [1.807, 2.05) is 11.0 Å². The number of hydrogen-bond donors (Lipinski definition) is 0. The van der Waals surface area contributed by atoms with Gasteiger partial charge >= 0.3 is 0 Å². The lowest BCUT2D eigenvalue weighted by Crippen LogP contribution is -2.35. The standard InChI is InChI=1S/C11H11Cl2NO/c12-8-3-4-11(10(13)6-8)14-5-1-2-9(15)7-14/h3-4,6H,1-2,5,7H2. The van der Waals surface area contributed by atoms with Crippen LogP contribution in [0.3, 0.4) is 0 Å². The van der Waals surface area contributed by atoms with Crippen LogP contribution in [0.5, 0.6) is 0 Å². The summed E-state index contributed by atoms with van der Waals surface area (Å²) in [6.07, 6.45) is 1.58. The predicted molar refractivity (Wildman–Crippen MR) is 62.9 cm³/mol. The van der Waals surface area contributed by atoms with Gasteiger partial charge in [-0.1, -0.05) is 23.2 Å². The molecule has 1 aromatic carbocycles. The molecule has 2 nitrogen and oxygen atoms in total. The van der Waals surface area contributed by atoms with Crippen molar-refractivity contribution in [1.82, 2.24) is 0 Å². The molecule has 1 saturated heterocycles. The normalized spacial score (nSPS) is 16.9. The first-order valence-electron chi connectivity index (χ1n) is 4.88. The van der Waals surface area contributed by atoms with Gasteiger partial charge in [-0.3, -0.25) is 4.79 Å². The van der Waals surface area contributed by atoms with Crippen molar-refractivity contribution < 1.29 is 4.79 Å². The molecule has 1 heterocycles. The number of halogens is 2. The molecule has 2 rings (SSSR count). The Labute approximate surface area is 98.8 Å². The smallest absolute Gasteiger partial charge is 0.152 e. The SMILES string of the molecule is O=C1CCCN(c2ccc(Cl)cc2Cl)C1. The van der Waals surface area contributed by atoms with E-state index < -0.39 is 0 Å². The monoisotopic (exact) mass is 243 g/mol. The lowest BCUT2D eigenvalue weighted by molar-refractivity contribution is -0.118. The molecular weight excluding hydrogens is 233 g/mol. The van der Waals surface area contributed by atoms with E-state index in [0.29, 0.717) is 23.0 Å². The van der Waals surface area contributed by atoms with E-state index in [4.69, 9.17) is 23.2 Å². The summed E-state index contributed by atoms with van der Waals surface area (Å²) in [5.41, 5.74) is 0.897. The summed E-state index contributed by atoms with van der Waals surface area (Å²) in [7, 11) is 0. The Morgan fingerprint density at radius 1 is 1.27 bits per heavy atom. The molecule has 1 aliphatic heterocycles. The average molecular weight is 244 g/mol. The highest BCUT2D eigenvalue weighted by atomic mass is 35.5. The van der Waals surface area contributed by atoms with E-state index in [1.54, 1.807) is 12.1 Å². The van der Waals surface area contributed by atoms with E-state index in [2.05, 4.69) is 0 Å². The summed E-state index contributed by atoms with van der Waals surface area (Å²) in [6, 6.07) is 5.36. The topological polar surface area (TPSA) is 20.3 Å². The van der Waals surface area contributed by atoms with Crippen molar-refractivity contribution in [3.8, 4) is 0 Å². The van der Waals surface area contributed by atoms with Crippen molar-refractivity contribution in [3.05, 3.63) is 28.2 Å². The van der Waals surface area contributed by atoms with Crippen molar-refractivity contribution in [2.75, 3.05) is 18.0 Å². The Kier molecular flexibility index (Phi) is 3.17. The molecule has 0 radical (unpaired) electrons. The van der Waals surface area contributed by atoms with E-state index >= 15 is 0 Å². The summed E-state index contributed by atoms with van der Waals surface area (Å²) >= 11 is 11.9. The summed E-state index contributed by atoms with van der Waals surface area (Å²) in [4.78, 5) is 13.3. The van der Waals surface area contributed by atoms with E-state index in [0.717, 1.165) is 18.7 Å². The first-order chi connectivity index (χ1) is 7.16. The molecule has 1 fully saturated rings. The summed E-state index contributed by atoms with van der Waals surface area (Å²) in [6.45, 7) is 1.34. The van der Waals surface area contributed by atoms with Gasteiger partial charge in [-0.25, -0.2) is 0 Å². The van der Waals surface area contributed by atoms with Gasteiger partial charge in [0.15, 0.2) is 5.78 Å². The zero-order valence-electron chi connectivity index (χ0n) is 8.17. The second kappa shape index (κ2) is 4.42. The Hall–Kier alpha value is -0.730. The minimum absolute atomic E-state index is 0.271. The molecule has 0 bridgehead atoms. The lowest BCUT2D eigenvalue weighted by Gasteiger charge is -2.28. The first kappa shape index (κ1) is 10.8. The number of anilines is 1. The highest BCUT2D eigenvalue weighted by molar-refractivity contribution is 6.36. The van der Waals surface area contributed by atoms with Crippen molar-refractivity contribution in [2.24, 2.45) is 0 Å². The molecule has 0 aliphatic carbocycles. The molecule has 0 saturated carbocycles. The minimum Gasteiger partial charge on any atom is -0.363 e. The fraction of sp³-hybridized carbons (Fsp3) is 0.364. The van der Waals surface area contributed by atoms with Gasteiger partial charge < -0.3 is 4.90 Å². The summed E-state index contributed by atoms with van der Waals surface area (Å²) in [5, 5.41) is 1.23. The van der Waals surface area contributed by atoms with E-state index in [1.165, 1.54) is 0 Å². The number of carbonyl (C=O) groups is 1. The van der Waals surface area contributed by atoms with E-state index in [9.17, 15) is 4.79 Å². The zero-order valence-corrected chi connectivity index (χ0v) is 9.68. The van der Waals surface area contributed by atoms with Crippen LogP contribution in [0.15, 0.2) is 18.2 Å². The molecule has 0 amide bonds. The Balaban J connectivity index is 2.24. The largest absolute Gasteiger partial charge is 0.363 e. The van der Waals surface area contributed by atoms with Gasteiger partial charge in [-0.15, -0.1) is 0 Å². The quantitative estimate of drug-likeness (QED) is 0.756. The van der Waals surface area contributed by atoms with Crippen LogP contribution >= 0.6 is 23.2 Å². The van der Waals surface area contributed by atoms with Crippen LogP contribution in [0.1, 0.15) is 12.8 Å². The first-order valence-corrected chi connectivity index (χ1v) is 5.64. The van der Waals surface area contributed by atoms with Crippen LogP contribution in [-0.4, -0.2) is 18.9 Å². The van der Waals surface area contributed by atoms with Crippen LogP contribution < -0.4 is 4.90 Å². The highest BCUT2D eigenvalue weighted by Gasteiger charge is 2.18. The number of ketones is 1. The third-order valence-electron chi connectivity index (χ3n) is 2.50. The third kappa shape index (κ3) is 2.44. The van der Waals surface area contributed by atoms with E-state index in [-0.39, 0.29) is 5.78 Å². The maximum Gasteiger partial charge on any atom is 0.152 e. The molecule has 0 aromatic heterocycles. The van der Waals surface area contributed by atoms with Crippen LogP contribution in [0.25, 0.3) is 0 Å². The van der Waals surface area contributed by atoms with Crippen molar-refractivity contribution in [2.45, 2.75) is 12.8 Å². The molecule has 1 aromatic rings. The summed E-state index contributed by atoms with van der Waals surface area (Å²) in [5.74, 6) is 0.271. The van der Waals surface area contributed by atoms with Crippen molar-refractivity contribution in [3.63, 3.8) is 0 Å². The molecule has 4 heteroatoms. The highest BCUT2D eigenvalue weighted by Crippen LogP contribution is 2.29. The van der Waals surface area contributed by atoms with Gasteiger partial charge in [0, 0.05) is 18.0 Å². The maximum atomic E-state index is 11.3. The number of piperidine rings is 1. The number of Topliss-reactive ketones (excluding diaryl/α,β-unsaturated/α-hetero) is 1. The van der Waals surface area contributed by atoms with Crippen LogP contribution in [0, 0.1) is 0 Å². The second-order valence-electron chi connectivity index (χ2n) is 3.66. The molecule has 1 aliphatic rings. The van der Waals surface area contributed by atoms with Gasteiger partial charge in [0.1, 0.15) is 0 Å². The Morgan fingerprint density at radius 2 is 2.07 bits per heavy atom. The van der Waals surface area contributed by atoms with Gasteiger partial charge in [0.05, 0.1) is 17.3 Å². The molecule has 80 valence electrons. The number of benzene rings is 1. The van der Waals surface area contributed by atoms with Gasteiger partial charge in [0.25, 0.3) is 0 Å². The average Bonchev–Trinajstić information content (AvgIpc) is 2.17. The van der Waals surface area contributed by atoms with Gasteiger partial charge in [0.2, 0.25) is 0 Å². The van der Waals surface area contributed by atoms with Crippen LogP contribution in [0.4, 0.5) is 5.69 Å². The maximum absolute atomic E-state index is 11.3. The van der Waals surface area contributed by atoms with Crippen molar-refractivity contribution >= 4 is 34.7 Å². The number of carbonyl (C=O) groups excluding carboxylic acids is 1.